The molecule has 0 amide bonds. The fraction of sp³-hybridized carbons (Fsp3) is 0.928. The van der Waals surface area contributed by atoms with Crippen molar-refractivity contribution in [2.45, 2.75) is 409 Å². The minimum atomic E-state index is -1.82. The van der Waals surface area contributed by atoms with E-state index in [4.69, 9.17) is 99.5 Å². The van der Waals surface area contributed by atoms with Crippen LogP contribution < -0.4 is 0 Å². The van der Waals surface area contributed by atoms with Crippen molar-refractivity contribution >= 4 is 17.9 Å². The van der Waals surface area contributed by atoms with Crippen molar-refractivity contribution in [2.24, 2.45) is 35.5 Å². The zero-order valence-electron chi connectivity index (χ0n) is 85.0. The van der Waals surface area contributed by atoms with E-state index in [1.807, 2.05) is 140 Å². The third kappa shape index (κ3) is 29.2. The smallest absolute Gasteiger partial charge is 0.311 e. The predicted molar refractivity (Wildman–Crippen MR) is 489 cm³/mol. The molecular formula is C97H176N4O30. The number of methoxy groups -OCH3 is 2. The lowest BCUT2D eigenvalue weighted by atomic mass is 9.76. The number of aliphatic hydroxyl groups is 6. The van der Waals surface area contributed by atoms with Gasteiger partial charge in [0.25, 0.3) is 0 Å². The molecule has 764 valence electrons. The summed E-state index contributed by atoms with van der Waals surface area (Å²) in [6.45, 7) is 51.8. The number of ether oxygens (including phenoxy) is 21. The molecule has 0 aromatic carbocycles. The van der Waals surface area contributed by atoms with E-state index in [1.54, 1.807) is 67.9 Å². The van der Waals surface area contributed by atoms with Crippen molar-refractivity contribution in [3.63, 3.8) is 0 Å². The molecule has 34 nitrogen and oxygen atoms in total. The van der Waals surface area contributed by atoms with Crippen molar-refractivity contribution in [1.82, 2.24) is 19.6 Å². The summed E-state index contributed by atoms with van der Waals surface area (Å²) in [5, 5.41) is 71.6. The highest BCUT2D eigenvalue weighted by Crippen LogP contribution is 2.63. The van der Waals surface area contributed by atoms with E-state index in [9.17, 15) is 45.0 Å². The Morgan fingerprint density at radius 3 is 1.36 bits per heavy atom. The number of cyclic esters (lactones) is 2. The van der Waals surface area contributed by atoms with Gasteiger partial charge in [-0.05, 0) is 216 Å². The van der Waals surface area contributed by atoms with Crippen molar-refractivity contribution in [2.75, 3.05) is 136 Å². The van der Waals surface area contributed by atoms with Gasteiger partial charge in [-0.2, -0.15) is 0 Å². The number of carbonyl (C=O) groups excluding carboxylic acids is 3. The topological polar surface area (TPSA) is 383 Å². The molecule has 0 radical (unpaired) electrons. The first kappa shape index (κ1) is 115. The van der Waals surface area contributed by atoms with Crippen molar-refractivity contribution < 1.29 is 144 Å². The molecule has 0 aromatic rings. The summed E-state index contributed by atoms with van der Waals surface area (Å²) < 4.78 is 132. The molecule has 8 fully saturated rings. The standard InChI is InChI=1S/C51H90N2O16.C46H86N2O14/c1-17-21-59-22-19-23-60-24-20-25-61-44-35(8)63-39(28-49(44,11)58-16)66-40-32(5)42(67-46-41(64-36(9)54)37(52(13)14)26-31(4)62-46)48(10,57)27-30(3)29-53(15)34(7)43-51(47(56)68-43)50(12,69-51)38(18-2)65-45(55)33(40)6;1-16-19-55-20-17-21-56-22-18-23-57-41-33(7)59-36(26-45(41,10)54-15)61-38-30(4)40(62-43-37(49)35(47(12)13)24-29(3)58-43)44(9,52)25-28(2)27-48(14)32(6)39(50)46(11,53)34(8)60-42(51)31(38)5/h17,30-35,37-44,46-47,56-57H,1,18-29H2,2-16H3;16,28-41,43,49-50,52-53H,1,17-27H2,2-15H3/t30-,31-,32+,33-,34+,35+,37+,38-,39?,40+,41-,42-,43-,44+,46+,47-,48-,49-,50-,51?;28-,29-,30+,31-,32+,33+,34-,35+,36?,37-,38+,39-,40-,41+,43+,44-,45-,46-/m11/s1. The number of carbonyl (C=O) groups is 3. The Hall–Kier alpha value is -3.23. The van der Waals surface area contributed by atoms with Gasteiger partial charge in [0.1, 0.15) is 53.9 Å². The number of rotatable bonds is 36. The molecule has 6 N–H and O–H groups in total. The maximum absolute atomic E-state index is 14.8. The highest BCUT2D eigenvalue weighted by atomic mass is 16.8. The fourth-order valence-corrected chi connectivity index (χ4v) is 21.2. The van der Waals surface area contributed by atoms with Gasteiger partial charge >= 0.3 is 17.9 Å². The summed E-state index contributed by atoms with van der Waals surface area (Å²) in [5.41, 5.74) is -8.82. The largest absolute Gasteiger partial charge is 0.459 e. The average molecular weight is 1880 g/mol. The summed E-state index contributed by atoms with van der Waals surface area (Å²) >= 11 is 0. The van der Waals surface area contributed by atoms with Gasteiger partial charge in [-0.3, -0.25) is 14.4 Å². The van der Waals surface area contributed by atoms with Gasteiger partial charge in [-0.25, -0.2) is 0 Å². The summed E-state index contributed by atoms with van der Waals surface area (Å²) in [6.07, 6.45) is -8.54. The molecule has 8 saturated heterocycles. The zero-order valence-corrected chi connectivity index (χ0v) is 85.0. The highest BCUT2D eigenvalue weighted by molar-refractivity contribution is 5.74. The molecule has 8 rings (SSSR count). The van der Waals surface area contributed by atoms with Crippen LogP contribution in [0.5, 0.6) is 0 Å². The van der Waals surface area contributed by atoms with E-state index in [2.05, 4.69) is 25.0 Å². The van der Waals surface area contributed by atoms with Crippen LogP contribution in [0.4, 0.5) is 0 Å². The van der Waals surface area contributed by atoms with Crippen LogP contribution in [0.1, 0.15) is 216 Å². The van der Waals surface area contributed by atoms with Gasteiger partial charge < -0.3 is 150 Å². The monoisotopic (exact) mass is 1880 g/mol. The Balaban J connectivity index is 0.000000360. The molecule has 0 saturated carbocycles. The zero-order chi connectivity index (χ0) is 98.0. The fourth-order valence-electron chi connectivity index (χ4n) is 21.2. The van der Waals surface area contributed by atoms with Gasteiger partial charge in [0.2, 0.25) is 0 Å². The summed E-state index contributed by atoms with van der Waals surface area (Å²) in [6, 6.07) is -1.30. The number of likely N-dealkylation sites (N-methyl/N-ethyl adjacent to an activating group) is 4. The molecule has 0 bridgehead atoms. The van der Waals surface area contributed by atoms with Crippen LogP contribution in [0, 0.1) is 35.5 Å². The number of epoxide rings is 1. The van der Waals surface area contributed by atoms with E-state index in [0.29, 0.717) is 111 Å². The SMILES string of the molecule is C=CCOCCCOCCCO[C@H]1[C@H](C)OC(O[C@H]2[C@H](C)[C@@H](O[C@@H]3O[C@H](C)C[C@H](N(C)C)[C@H]3O)[C@](C)(O)C[C@@H](C)CN(C)[C@@H](C)[C@@H](O)[C@](C)(O)[C@@H](C)OC(=O)[C@@H]2C)C[C@@]1(C)OC.C=CCOCCCOCCCO[C@H]1[C@H](C)OC(O[C@H]2[C@H](C)[C@@H](O[C@@H]3O[C@H](C)C[C@H](N(C)C)[C@H]3OC(C)=O)[C@](C)(O)C[C@@H](C)CN(C)[C@@H](C)[C@H]3O[C@@H](O)C34O[C@]4(C)[C@@H](CC)OC(=O)[C@@H]2C)C[C@@]1(C)OC. The Kier molecular flexibility index (Phi) is 44.5. The molecule has 8 aliphatic heterocycles. The Labute approximate surface area is 783 Å². The normalized spacial score (nSPS) is 44.1. The van der Waals surface area contributed by atoms with Gasteiger partial charge in [-0.15, -0.1) is 13.2 Å². The molecule has 8 heterocycles. The second kappa shape index (κ2) is 50.8. The van der Waals surface area contributed by atoms with Gasteiger partial charge in [0, 0.05) is 130 Å². The van der Waals surface area contributed by atoms with Crippen LogP contribution in [0.3, 0.4) is 0 Å². The average Bonchev–Trinajstić information content (AvgIpc) is 1.48. The van der Waals surface area contributed by atoms with Crippen LogP contribution in [-0.4, -0.2) is 396 Å². The lowest BCUT2D eigenvalue weighted by Gasteiger charge is -2.50. The van der Waals surface area contributed by atoms with E-state index in [1.165, 1.54) is 13.8 Å². The van der Waals surface area contributed by atoms with Crippen LogP contribution in [0.15, 0.2) is 25.3 Å². The second-order valence-corrected chi connectivity index (χ2v) is 41.0. The molecule has 131 heavy (non-hydrogen) atoms. The molecule has 0 aromatic heterocycles. The number of aliphatic hydroxyl groups excluding tert-OH is 3. The summed E-state index contributed by atoms with van der Waals surface area (Å²) in [4.78, 5) is 49.8. The number of hydrogen-bond donors (Lipinski definition) is 6. The van der Waals surface area contributed by atoms with Crippen LogP contribution in [0.25, 0.3) is 0 Å². The lowest BCUT2D eigenvalue weighted by molar-refractivity contribution is -0.321. The van der Waals surface area contributed by atoms with E-state index in [-0.39, 0.29) is 67.9 Å². The van der Waals surface area contributed by atoms with Crippen LogP contribution in [0.2, 0.25) is 0 Å². The molecule has 38 atom stereocenters. The molecule has 1 spiro atoms. The van der Waals surface area contributed by atoms with Gasteiger partial charge in [-0.1, -0.05) is 46.8 Å². The van der Waals surface area contributed by atoms with Crippen molar-refractivity contribution in [3.8, 4) is 0 Å². The lowest BCUT2D eigenvalue weighted by Crippen LogP contribution is -2.68. The minimum Gasteiger partial charge on any atom is -0.459 e. The molecular weight excluding hydrogens is 1700 g/mol. The molecule has 34 heteroatoms. The molecule has 3 unspecified atom stereocenters. The van der Waals surface area contributed by atoms with Crippen molar-refractivity contribution in [1.29, 1.82) is 0 Å². The summed E-state index contributed by atoms with van der Waals surface area (Å²) in [7, 11) is 14.7. The number of nitrogens with zero attached hydrogens (tertiary/aromatic N) is 4. The van der Waals surface area contributed by atoms with Crippen LogP contribution >= 0.6 is 0 Å². The maximum Gasteiger partial charge on any atom is 0.311 e. The first-order valence-electron chi connectivity index (χ1n) is 48.3. The van der Waals surface area contributed by atoms with E-state index >= 15 is 0 Å². The van der Waals surface area contributed by atoms with E-state index < -0.39 is 204 Å². The number of esters is 3. The third-order valence-corrected chi connectivity index (χ3v) is 29.1. The van der Waals surface area contributed by atoms with Crippen LogP contribution in [-0.2, 0) is 114 Å². The molecule has 8 aliphatic rings. The van der Waals surface area contributed by atoms with E-state index in [0.717, 1.165) is 12.8 Å². The van der Waals surface area contributed by atoms with Crippen molar-refractivity contribution in [3.05, 3.63) is 25.3 Å². The quantitative estimate of drug-likeness (QED) is 0.0113. The summed E-state index contributed by atoms with van der Waals surface area (Å²) in [5.74, 6) is -5.49. The Morgan fingerprint density at radius 1 is 0.527 bits per heavy atom. The highest BCUT2D eigenvalue weighted by Gasteiger charge is 2.85. The van der Waals surface area contributed by atoms with Gasteiger partial charge in [0.05, 0.1) is 102 Å². The first-order valence-corrected chi connectivity index (χ1v) is 48.3. The number of hydrogen-bond acceptors (Lipinski definition) is 34. The first-order chi connectivity index (χ1) is 61.3. The van der Waals surface area contributed by atoms with Gasteiger partial charge in [0.15, 0.2) is 43.2 Å². The Morgan fingerprint density at radius 2 is 0.939 bits per heavy atom. The minimum absolute atomic E-state index is 0.114. The Bertz CT molecular complexity index is 3430. The second-order valence-electron chi connectivity index (χ2n) is 41.0. The predicted octanol–water partition coefficient (Wildman–Crippen LogP) is 8.16. The maximum atomic E-state index is 14.8. The molecule has 0 aliphatic carbocycles. The third-order valence-electron chi connectivity index (χ3n) is 29.1.